The summed E-state index contributed by atoms with van der Waals surface area (Å²) >= 11 is 0. The van der Waals surface area contributed by atoms with Gasteiger partial charge in [-0.3, -0.25) is 4.79 Å². The Morgan fingerprint density at radius 1 is 1.47 bits per heavy atom. The van der Waals surface area contributed by atoms with Crippen LogP contribution in [0.1, 0.15) is 42.0 Å². The van der Waals surface area contributed by atoms with Crippen LogP contribution in [0.25, 0.3) is 0 Å². The molecule has 0 saturated carbocycles. The second kappa shape index (κ2) is 5.57. The van der Waals surface area contributed by atoms with Gasteiger partial charge in [0.25, 0.3) is 0 Å². The van der Waals surface area contributed by atoms with Gasteiger partial charge in [-0.2, -0.15) is 0 Å². The molecule has 1 aromatic carbocycles. The number of carboxylic acids is 1. The Bertz CT molecular complexity index is 502. The predicted octanol–water partition coefficient (Wildman–Crippen LogP) is 2.19. The minimum atomic E-state index is -1.04. The quantitative estimate of drug-likeness (QED) is 0.877. The van der Waals surface area contributed by atoms with Crippen LogP contribution in [0.5, 0.6) is 5.75 Å². The van der Waals surface area contributed by atoms with Crippen LogP contribution in [0.3, 0.4) is 0 Å². The molecule has 0 saturated heterocycles. The lowest BCUT2D eigenvalue weighted by atomic mass is 9.87. The maximum Gasteiger partial charge on any atom is 0.305 e. The molecule has 0 bridgehead atoms. The van der Waals surface area contributed by atoms with Gasteiger partial charge in [-0.05, 0) is 37.3 Å². The van der Waals surface area contributed by atoms with E-state index in [4.69, 9.17) is 15.6 Å². The van der Waals surface area contributed by atoms with Crippen molar-refractivity contribution in [2.75, 3.05) is 7.11 Å². The van der Waals surface area contributed by atoms with E-state index >= 15 is 0 Å². The minimum absolute atomic E-state index is 0.236. The Morgan fingerprint density at radius 3 is 2.68 bits per heavy atom. The summed E-state index contributed by atoms with van der Waals surface area (Å²) in [5, 5.41) is 8.77. The highest BCUT2D eigenvalue weighted by Crippen LogP contribution is 2.35. The number of fused-ring (bicyclic) bond motifs is 1. The molecule has 5 heteroatoms. The fourth-order valence-electron chi connectivity index (χ4n) is 2.64. The van der Waals surface area contributed by atoms with Crippen LogP contribution in [0.4, 0.5) is 4.39 Å². The van der Waals surface area contributed by atoms with Crippen LogP contribution >= 0.6 is 0 Å². The Balaban J connectivity index is 2.47. The Hall–Kier alpha value is -1.62. The third kappa shape index (κ3) is 2.71. The largest absolute Gasteiger partial charge is 0.496 e. The second-order valence-electron chi connectivity index (χ2n) is 4.85. The van der Waals surface area contributed by atoms with Gasteiger partial charge in [0.15, 0.2) is 0 Å². The summed E-state index contributed by atoms with van der Waals surface area (Å²) in [5.41, 5.74) is 7.55. The molecule has 0 fully saturated rings. The van der Waals surface area contributed by atoms with E-state index in [0.29, 0.717) is 17.7 Å². The molecule has 0 spiro atoms. The van der Waals surface area contributed by atoms with E-state index in [9.17, 15) is 9.18 Å². The molecular weight excluding hydrogens is 249 g/mol. The van der Waals surface area contributed by atoms with Gasteiger partial charge in [-0.25, -0.2) is 4.39 Å². The average molecular weight is 267 g/mol. The number of aliphatic carboxylic acids is 1. The number of carboxylic acid groups (broad SMARTS) is 1. The van der Waals surface area contributed by atoms with Gasteiger partial charge in [-0.15, -0.1) is 0 Å². The number of benzene rings is 1. The zero-order chi connectivity index (χ0) is 14.0. The number of halogens is 1. The highest BCUT2D eigenvalue weighted by atomic mass is 19.1. The van der Waals surface area contributed by atoms with E-state index < -0.39 is 12.0 Å². The molecule has 3 N–H and O–H groups in total. The summed E-state index contributed by atoms with van der Waals surface area (Å²) in [6.07, 6.45) is 3.11. The van der Waals surface area contributed by atoms with E-state index in [-0.39, 0.29) is 17.8 Å². The highest BCUT2D eigenvalue weighted by molar-refractivity contribution is 5.68. The first kappa shape index (κ1) is 13.8. The molecule has 0 heterocycles. The number of ether oxygens (including phenoxy) is 1. The minimum Gasteiger partial charge on any atom is -0.496 e. The van der Waals surface area contributed by atoms with Crippen molar-refractivity contribution in [1.29, 1.82) is 0 Å². The molecule has 2 rings (SSSR count). The second-order valence-corrected chi connectivity index (χ2v) is 4.85. The number of nitrogens with two attached hydrogens (primary N) is 1. The summed E-state index contributed by atoms with van der Waals surface area (Å²) in [4.78, 5) is 10.7. The number of rotatable bonds is 4. The van der Waals surface area contributed by atoms with Crippen molar-refractivity contribution >= 4 is 5.97 Å². The maximum atomic E-state index is 14.4. The van der Waals surface area contributed by atoms with Crippen LogP contribution in [-0.4, -0.2) is 18.2 Å². The first-order chi connectivity index (χ1) is 9.04. The fourth-order valence-corrected chi connectivity index (χ4v) is 2.64. The van der Waals surface area contributed by atoms with Crippen molar-refractivity contribution in [1.82, 2.24) is 0 Å². The molecule has 1 atom stereocenters. The van der Waals surface area contributed by atoms with E-state index in [1.165, 1.54) is 7.11 Å². The molecule has 1 unspecified atom stereocenters. The standard InChI is InChI=1S/C14H18FNO3/c1-19-12-6-10(11(16)7-13(17)18)14(15)9-5-3-2-4-8(9)12/h6,11H,2-5,7,16H2,1H3,(H,17,18). The van der Waals surface area contributed by atoms with Crippen LogP contribution in [0.15, 0.2) is 6.07 Å². The van der Waals surface area contributed by atoms with E-state index in [1.54, 1.807) is 6.07 Å². The lowest BCUT2D eigenvalue weighted by Crippen LogP contribution is -2.19. The highest BCUT2D eigenvalue weighted by Gasteiger charge is 2.24. The zero-order valence-corrected chi connectivity index (χ0v) is 10.9. The number of hydrogen-bond donors (Lipinski definition) is 2. The molecule has 19 heavy (non-hydrogen) atoms. The van der Waals surface area contributed by atoms with Gasteiger partial charge < -0.3 is 15.6 Å². The normalized spacial score (nSPS) is 15.7. The molecule has 4 nitrogen and oxygen atoms in total. The molecule has 0 aliphatic heterocycles. The summed E-state index contributed by atoms with van der Waals surface area (Å²) in [6, 6.07) is 0.700. The van der Waals surface area contributed by atoms with Crippen molar-refractivity contribution in [3.8, 4) is 5.75 Å². The van der Waals surface area contributed by atoms with Crippen LogP contribution in [-0.2, 0) is 17.6 Å². The summed E-state index contributed by atoms with van der Waals surface area (Å²) in [7, 11) is 1.54. The van der Waals surface area contributed by atoms with Crippen molar-refractivity contribution in [3.63, 3.8) is 0 Å². The molecule has 0 amide bonds. The van der Waals surface area contributed by atoms with Crippen LogP contribution < -0.4 is 10.5 Å². The summed E-state index contributed by atoms with van der Waals surface area (Å²) < 4.78 is 19.7. The van der Waals surface area contributed by atoms with E-state index in [2.05, 4.69) is 0 Å². The number of methoxy groups -OCH3 is 1. The lowest BCUT2D eigenvalue weighted by Gasteiger charge is -2.23. The Kier molecular flexibility index (Phi) is 4.04. The lowest BCUT2D eigenvalue weighted by molar-refractivity contribution is -0.137. The van der Waals surface area contributed by atoms with Crippen molar-refractivity contribution < 1.29 is 19.0 Å². The molecule has 1 aromatic rings. The topological polar surface area (TPSA) is 72.5 Å². The van der Waals surface area contributed by atoms with Crippen LogP contribution in [0.2, 0.25) is 0 Å². The summed E-state index contributed by atoms with van der Waals surface area (Å²) in [6.45, 7) is 0. The number of carbonyl (C=O) groups is 1. The van der Waals surface area contributed by atoms with Gasteiger partial charge in [0.2, 0.25) is 0 Å². The average Bonchev–Trinajstić information content (AvgIpc) is 2.38. The number of hydrogen-bond acceptors (Lipinski definition) is 3. The van der Waals surface area contributed by atoms with Crippen molar-refractivity contribution in [2.45, 2.75) is 38.1 Å². The third-order valence-electron chi connectivity index (χ3n) is 3.58. The smallest absolute Gasteiger partial charge is 0.305 e. The van der Waals surface area contributed by atoms with Gasteiger partial charge >= 0.3 is 5.97 Å². The molecular formula is C14H18FNO3. The van der Waals surface area contributed by atoms with Gasteiger partial charge in [-0.1, -0.05) is 0 Å². The SMILES string of the molecule is COc1cc(C(N)CC(=O)O)c(F)c2c1CCCC2. The van der Waals surface area contributed by atoms with Gasteiger partial charge in [0.05, 0.1) is 13.5 Å². The first-order valence-electron chi connectivity index (χ1n) is 6.40. The molecule has 1 aliphatic carbocycles. The monoisotopic (exact) mass is 267 g/mol. The van der Waals surface area contributed by atoms with Gasteiger partial charge in [0.1, 0.15) is 11.6 Å². The predicted molar refractivity (Wildman–Crippen MR) is 68.8 cm³/mol. The summed E-state index contributed by atoms with van der Waals surface area (Å²) in [5.74, 6) is -0.778. The van der Waals surface area contributed by atoms with Crippen LogP contribution in [0, 0.1) is 5.82 Å². The third-order valence-corrected chi connectivity index (χ3v) is 3.58. The fraction of sp³-hybridized carbons (Fsp3) is 0.500. The first-order valence-corrected chi connectivity index (χ1v) is 6.40. The van der Waals surface area contributed by atoms with Crippen molar-refractivity contribution in [3.05, 3.63) is 28.6 Å². The van der Waals surface area contributed by atoms with Gasteiger partial charge in [0, 0.05) is 17.2 Å². The molecule has 0 aromatic heterocycles. The van der Waals surface area contributed by atoms with E-state index in [1.807, 2.05) is 0 Å². The maximum absolute atomic E-state index is 14.4. The van der Waals surface area contributed by atoms with E-state index in [0.717, 1.165) is 24.8 Å². The van der Waals surface area contributed by atoms with Crippen molar-refractivity contribution in [2.24, 2.45) is 5.73 Å². The molecule has 1 aliphatic rings. The zero-order valence-electron chi connectivity index (χ0n) is 10.9. The Morgan fingerprint density at radius 2 is 2.11 bits per heavy atom. The molecule has 0 radical (unpaired) electrons. The molecule has 104 valence electrons. The Labute approximate surface area is 111 Å².